The lowest BCUT2D eigenvalue weighted by Gasteiger charge is -2.14. The number of hydrogen-bond acceptors (Lipinski definition) is 2. The van der Waals surface area contributed by atoms with E-state index in [0.717, 1.165) is 17.9 Å². The van der Waals surface area contributed by atoms with Gasteiger partial charge in [-0.3, -0.25) is 0 Å². The van der Waals surface area contributed by atoms with Crippen molar-refractivity contribution in [2.75, 3.05) is 18.6 Å². The number of benzene rings is 1. The lowest BCUT2D eigenvalue weighted by molar-refractivity contribution is 0.592. The van der Waals surface area contributed by atoms with Crippen molar-refractivity contribution in [2.24, 2.45) is 0 Å². The van der Waals surface area contributed by atoms with Crippen LogP contribution in [0.4, 0.5) is 4.39 Å². The molecule has 84 valence electrons. The van der Waals surface area contributed by atoms with Crippen molar-refractivity contribution in [3.8, 4) is 0 Å². The first-order valence-corrected chi connectivity index (χ1v) is 7.01. The van der Waals surface area contributed by atoms with Crippen LogP contribution < -0.4 is 5.32 Å². The van der Waals surface area contributed by atoms with Crippen molar-refractivity contribution in [1.29, 1.82) is 0 Å². The molecule has 0 aliphatic carbocycles. The van der Waals surface area contributed by atoms with Crippen LogP contribution >= 0.6 is 27.7 Å². The molecule has 0 saturated carbocycles. The molecule has 0 saturated heterocycles. The van der Waals surface area contributed by atoms with Gasteiger partial charge < -0.3 is 5.32 Å². The first-order chi connectivity index (χ1) is 7.15. The Morgan fingerprint density at radius 2 is 2.27 bits per heavy atom. The summed E-state index contributed by atoms with van der Waals surface area (Å²) in [6.07, 6.45) is 2.08. The molecule has 1 aromatic carbocycles. The first-order valence-electron chi connectivity index (χ1n) is 4.82. The van der Waals surface area contributed by atoms with Crippen molar-refractivity contribution >= 4 is 27.7 Å². The van der Waals surface area contributed by atoms with Crippen molar-refractivity contribution < 1.29 is 4.39 Å². The molecule has 0 heterocycles. The Morgan fingerprint density at radius 3 is 2.87 bits per heavy atom. The molecule has 1 nitrogen and oxygen atoms in total. The highest BCUT2D eigenvalue weighted by Crippen LogP contribution is 2.21. The number of halogens is 2. The quantitative estimate of drug-likeness (QED) is 0.832. The fourth-order valence-electron chi connectivity index (χ4n) is 1.28. The molecule has 0 spiro atoms. The molecule has 1 rings (SSSR count). The van der Waals surface area contributed by atoms with Gasteiger partial charge in [-0.25, -0.2) is 4.39 Å². The Balaban J connectivity index is 2.57. The van der Waals surface area contributed by atoms with Crippen LogP contribution in [0.1, 0.15) is 18.5 Å². The van der Waals surface area contributed by atoms with E-state index in [-0.39, 0.29) is 11.9 Å². The molecule has 0 radical (unpaired) electrons. The van der Waals surface area contributed by atoms with E-state index >= 15 is 0 Å². The largest absolute Gasteiger partial charge is 0.309 e. The normalized spacial score (nSPS) is 12.8. The predicted octanol–water partition coefficient (Wildman–Crippen LogP) is 3.60. The van der Waals surface area contributed by atoms with E-state index in [9.17, 15) is 4.39 Å². The highest BCUT2D eigenvalue weighted by molar-refractivity contribution is 9.10. The minimum absolute atomic E-state index is 0.213. The fourth-order valence-corrected chi connectivity index (χ4v) is 2.00. The van der Waals surface area contributed by atoms with Crippen LogP contribution in [-0.2, 0) is 0 Å². The second kappa shape index (κ2) is 6.51. The minimum atomic E-state index is -0.213. The smallest absolute Gasteiger partial charge is 0.137 e. The van der Waals surface area contributed by atoms with Crippen LogP contribution in [0.5, 0.6) is 0 Å². The Kier molecular flexibility index (Phi) is 5.64. The fraction of sp³-hybridized carbons (Fsp3) is 0.455. The molecule has 1 aromatic rings. The number of rotatable bonds is 5. The Morgan fingerprint density at radius 1 is 1.53 bits per heavy atom. The summed E-state index contributed by atoms with van der Waals surface area (Å²) in [6, 6.07) is 5.39. The summed E-state index contributed by atoms with van der Waals surface area (Å²) < 4.78 is 13.5. The summed E-state index contributed by atoms with van der Waals surface area (Å²) >= 11 is 5.00. The van der Waals surface area contributed by atoms with E-state index in [2.05, 4.69) is 34.4 Å². The zero-order valence-electron chi connectivity index (χ0n) is 8.89. The molecule has 0 aliphatic rings. The molecule has 4 heteroatoms. The van der Waals surface area contributed by atoms with Gasteiger partial charge in [0.25, 0.3) is 0 Å². The van der Waals surface area contributed by atoms with Crippen LogP contribution in [0.25, 0.3) is 0 Å². The lowest BCUT2D eigenvalue weighted by atomic mass is 10.1. The van der Waals surface area contributed by atoms with E-state index in [0.29, 0.717) is 4.47 Å². The van der Waals surface area contributed by atoms with Gasteiger partial charge in [0, 0.05) is 18.3 Å². The van der Waals surface area contributed by atoms with Crippen LogP contribution in [-0.4, -0.2) is 18.6 Å². The molecular formula is C11H15BrFNS. The highest BCUT2D eigenvalue weighted by Gasteiger charge is 2.06. The third-order valence-corrected chi connectivity index (χ3v) is 3.42. The third-order valence-electron chi connectivity index (χ3n) is 2.20. The maximum Gasteiger partial charge on any atom is 0.137 e. The van der Waals surface area contributed by atoms with Crippen molar-refractivity contribution in [3.63, 3.8) is 0 Å². The van der Waals surface area contributed by atoms with Crippen LogP contribution in [0.3, 0.4) is 0 Å². The summed E-state index contributed by atoms with van der Waals surface area (Å²) in [5, 5.41) is 3.38. The standard InChI is InChI=1S/C11H15BrFNS/c1-8(14-5-6-15-2)9-3-4-11(13)10(12)7-9/h3-4,7-8,14H,5-6H2,1-2H3. The lowest BCUT2D eigenvalue weighted by Crippen LogP contribution is -2.21. The van der Waals surface area contributed by atoms with Crippen molar-refractivity contribution in [1.82, 2.24) is 5.32 Å². The monoisotopic (exact) mass is 291 g/mol. The van der Waals surface area contributed by atoms with Crippen LogP contribution in [0, 0.1) is 5.82 Å². The summed E-state index contributed by atoms with van der Waals surface area (Å²) in [7, 11) is 0. The number of thioether (sulfide) groups is 1. The van der Waals surface area contributed by atoms with Gasteiger partial charge in [-0.1, -0.05) is 6.07 Å². The van der Waals surface area contributed by atoms with E-state index in [4.69, 9.17) is 0 Å². The second-order valence-corrected chi connectivity index (χ2v) is 5.18. The third kappa shape index (κ3) is 4.13. The van der Waals surface area contributed by atoms with Gasteiger partial charge >= 0.3 is 0 Å². The average molecular weight is 292 g/mol. The number of hydrogen-bond donors (Lipinski definition) is 1. The van der Waals surface area contributed by atoms with Crippen molar-refractivity contribution in [3.05, 3.63) is 34.1 Å². The maximum atomic E-state index is 13.0. The van der Waals surface area contributed by atoms with Gasteiger partial charge in [-0.05, 0) is 46.8 Å². The summed E-state index contributed by atoms with van der Waals surface area (Å²) in [4.78, 5) is 0. The molecule has 0 aromatic heterocycles. The van der Waals surface area contributed by atoms with Gasteiger partial charge in [-0.15, -0.1) is 0 Å². The number of nitrogens with one attached hydrogen (secondary N) is 1. The molecule has 0 aliphatic heterocycles. The first kappa shape index (κ1) is 13.0. The zero-order chi connectivity index (χ0) is 11.3. The van der Waals surface area contributed by atoms with Gasteiger partial charge in [0.15, 0.2) is 0 Å². The highest BCUT2D eigenvalue weighted by atomic mass is 79.9. The molecule has 1 N–H and O–H groups in total. The minimum Gasteiger partial charge on any atom is -0.309 e. The maximum absolute atomic E-state index is 13.0. The SMILES string of the molecule is CSCCNC(C)c1ccc(F)c(Br)c1. The molecule has 1 atom stereocenters. The molecule has 0 fully saturated rings. The van der Waals surface area contributed by atoms with Gasteiger partial charge in [0.1, 0.15) is 5.82 Å². The molecular weight excluding hydrogens is 277 g/mol. The zero-order valence-corrected chi connectivity index (χ0v) is 11.3. The van der Waals surface area contributed by atoms with E-state index in [1.165, 1.54) is 6.07 Å². The topological polar surface area (TPSA) is 12.0 Å². The average Bonchev–Trinajstić information content (AvgIpc) is 2.22. The van der Waals surface area contributed by atoms with E-state index in [1.807, 2.05) is 23.9 Å². The Hall–Kier alpha value is -0.0600. The van der Waals surface area contributed by atoms with Crippen LogP contribution in [0.15, 0.2) is 22.7 Å². The summed E-state index contributed by atoms with van der Waals surface area (Å²) in [5.41, 5.74) is 1.10. The van der Waals surface area contributed by atoms with Gasteiger partial charge in [0.2, 0.25) is 0 Å². The second-order valence-electron chi connectivity index (χ2n) is 3.34. The van der Waals surface area contributed by atoms with Crippen LogP contribution in [0.2, 0.25) is 0 Å². The molecule has 1 unspecified atom stereocenters. The van der Waals surface area contributed by atoms with Gasteiger partial charge in [0.05, 0.1) is 4.47 Å². The predicted molar refractivity (Wildman–Crippen MR) is 68.9 cm³/mol. The Bertz CT molecular complexity index is 319. The Labute approximate surface area is 103 Å². The molecule has 15 heavy (non-hydrogen) atoms. The molecule has 0 bridgehead atoms. The molecule has 0 amide bonds. The van der Waals surface area contributed by atoms with E-state index < -0.39 is 0 Å². The van der Waals surface area contributed by atoms with E-state index in [1.54, 1.807) is 0 Å². The summed E-state index contributed by atoms with van der Waals surface area (Å²) in [6.45, 7) is 3.05. The van der Waals surface area contributed by atoms with Crippen molar-refractivity contribution in [2.45, 2.75) is 13.0 Å². The summed E-state index contributed by atoms with van der Waals surface area (Å²) in [5.74, 6) is 0.877. The van der Waals surface area contributed by atoms with Gasteiger partial charge in [-0.2, -0.15) is 11.8 Å².